The molecule has 1 heterocycles. The minimum atomic E-state index is -3.65. The van der Waals surface area contributed by atoms with E-state index in [0.717, 1.165) is 36.4 Å². The highest BCUT2D eigenvalue weighted by molar-refractivity contribution is 7.89. The van der Waals surface area contributed by atoms with Crippen LogP contribution in [0.4, 0.5) is 5.69 Å². The van der Waals surface area contributed by atoms with Crippen molar-refractivity contribution in [2.75, 3.05) is 30.9 Å². The Morgan fingerprint density at radius 1 is 1.23 bits per heavy atom. The predicted octanol–water partition coefficient (Wildman–Crippen LogP) is 2.29. The first kappa shape index (κ1) is 23.5. The van der Waals surface area contributed by atoms with E-state index < -0.39 is 21.5 Å². The van der Waals surface area contributed by atoms with E-state index in [1.807, 2.05) is 0 Å². The van der Waals surface area contributed by atoms with Crippen LogP contribution in [-0.2, 0) is 19.6 Å². The van der Waals surface area contributed by atoms with Crippen LogP contribution in [0.2, 0.25) is 0 Å². The molecule has 31 heavy (non-hydrogen) atoms. The lowest BCUT2D eigenvalue weighted by Gasteiger charge is -2.47. The minimum Gasteiger partial charge on any atom is -0.495 e. The van der Waals surface area contributed by atoms with Gasteiger partial charge in [0.15, 0.2) is 0 Å². The second kappa shape index (κ2) is 9.56. The smallest absolute Gasteiger partial charge is 0.247 e. The molecule has 1 aliphatic carbocycles. The average Bonchev–Trinajstić information content (AvgIpc) is 2.74. The van der Waals surface area contributed by atoms with E-state index in [0.29, 0.717) is 17.9 Å². The fourth-order valence-corrected chi connectivity index (χ4v) is 6.06. The standard InChI is InChI=1S/C22H33N3O5S/c1-4-14-31(28,29)24-15-20(26)25(18-12-8-9-13-19(18)30-3)22(2,16-24)21(27)23-17-10-6-5-7-11-17/h8-9,12-13,17H,4-7,10-11,14-16H2,1-3H3,(H,23,27). The number of nitrogens with one attached hydrogen (secondary N) is 1. The van der Waals surface area contributed by atoms with Crippen LogP contribution in [0, 0.1) is 0 Å². The average molecular weight is 452 g/mol. The molecule has 1 aliphatic heterocycles. The van der Waals surface area contributed by atoms with E-state index in [4.69, 9.17) is 4.74 Å². The van der Waals surface area contributed by atoms with Crippen molar-refractivity contribution in [2.24, 2.45) is 0 Å². The molecular formula is C22H33N3O5S. The number of nitrogens with zero attached hydrogens (tertiary/aromatic N) is 2. The molecule has 1 aromatic carbocycles. The second-order valence-electron chi connectivity index (χ2n) is 8.57. The van der Waals surface area contributed by atoms with Gasteiger partial charge < -0.3 is 10.1 Å². The Kier molecular flexibility index (Phi) is 7.26. The van der Waals surface area contributed by atoms with Crippen molar-refractivity contribution in [1.82, 2.24) is 9.62 Å². The summed E-state index contributed by atoms with van der Waals surface area (Å²) in [7, 11) is -2.15. The highest BCUT2D eigenvalue weighted by Crippen LogP contribution is 2.37. The Labute approximate surface area is 185 Å². The molecule has 2 aliphatic rings. The Morgan fingerprint density at radius 2 is 1.90 bits per heavy atom. The summed E-state index contributed by atoms with van der Waals surface area (Å²) >= 11 is 0. The van der Waals surface area contributed by atoms with Gasteiger partial charge in [-0.05, 0) is 38.3 Å². The zero-order valence-corrected chi connectivity index (χ0v) is 19.4. The van der Waals surface area contributed by atoms with Crippen molar-refractivity contribution in [3.05, 3.63) is 24.3 Å². The first-order valence-electron chi connectivity index (χ1n) is 11.0. The maximum Gasteiger partial charge on any atom is 0.247 e. The van der Waals surface area contributed by atoms with E-state index >= 15 is 0 Å². The van der Waals surface area contributed by atoms with Crippen molar-refractivity contribution in [3.63, 3.8) is 0 Å². The van der Waals surface area contributed by atoms with E-state index in [9.17, 15) is 18.0 Å². The Morgan fingerprint density at radius 3 is 2.55 bits per heavy atom. The molecule has 3 rings (SSSR count). The molecule has 1 saturated heterocycles. The van der Waals surface area contributed by atoms with Gasteiger partial charge in [-0.25, -0.2) is 8.42 Å². The lowest BCUT2D eigenvalue weighted by Crippen LogP contribution is -2.71. The summed E-state index contributed by atoms with van der Waals surface area (Å²) in [5.74, 6) is -0.390. The fourth-order valence-electron chi connectivity index (χ4n) is 4.53. The van der Waals surface area contributed by atoms with Gasteiger partial charge in [-0.2, -0.15) is 4.31 Å². The first-order valence-corrected chi connectivity index (χ1v) is 12.6. The first-order chi connectivity index (χ1) is 14.7. The van der Waals surface area contributed by atoms with Crippen molar-refractivity contribution in [2.45, 2.75) is 64.0 Å². The van der Waals surface area contributed by atoms with E-state index in [1.54, 1.807) is 38.1 Å². The number of carbonyl (C=O) groups is 2. The van der Waals surface area contributed by atoms with Crippen LogP contribution in [-0.4, -0.2) is 62.1 Å². The van der Waals surface area contributed by atoms with Gasteiger partial charge in [0.25, 0.3) is 0 Å². The summed E-state index contributed by atoms with van der Waals surface area (Å²) in [5.41, 5.74) is -0.939. The van der Waals surface area contributed by atoms with Gasteiger partial charge in [0.1, 0.15) is 11.3 Å². The van der Waals surface area contributed by atoms with Crippen molar-refractivity contribution in [3.8, 4) is 5.75 Å². The zero-order chi connectivity index (χ0) is 22.6. The van der Waals surface area contributed by atoms with Crippen LogP contribution in [0.25, 0.3) is 0 Å². The maximum atomic E-state index is 13.6. The number of sulfonamides is 1. The van der Waals surface area contributed by atoms with E-state index in [2.05, 4.69) is 5.32 Å². The van der Waals surface area contributed by atoms with E-state index in [1.165, 1.54) is 12.0 Å². The number of carbonyl (C=O) groups excluding carboxylic acids is 2. The highest BCUT2D eigenvalue weighted by atomic mass is 32.2. The number of hydrogen-bond donors (Lipinski definition) is 1. The molecular weight excluding hydrogens is 418 g/mol. The fraction of sp³-hybridized carbons (Fsp3) is 0.636. The summed E-state index contributed by atoms with van der Waals surface area (Å²) in [6.07, 6.45) is 5.47. The Balaban J connectivity index is 2.01. The molecule has 0 bridgehead atoms. The summed E-state index contributed by atoms with van der Waals surface area (Å²) in [6.45, 7) is 3.02. The van der Waals surface area contributed by atoms with Crippen LogP contribution in [0.15, 0.2) is 24.3 Å². The highest BCUT2D eigenvalue weighted by Gasteiger charge is 2.51. The van der Waals surface area contributed by atoms with Gasteiger partial charge >= 0.3 is 0 Å². The molecule has 0 aromatic heterocycles. The number of methoxy groups -OCH3 is 1. The monoisotopic (exact) mass is 451 g/mol. The zero-order valence-electron chi connectivity index (χ0n) is 18.6. The van der Waals surface area contributed by atoms with Gasteiger partial charge in [0.05, 0.1) is 25.1 Å². The van der Waals surface area contributed by atoms with E-state index in [-0.39, 0.29) is 30.8 Å². The molecule has 0 radical (unpaired) electrons. The number of para-hydroxylation sites is 2. The summed E-state index contributed by atoms with van der Waals surface area (Å²) in [4.78, 5) is 28.3. The molecule has 1 unspecified atom stereocenters. The Bertz CT molecular complexity index is 913. The third kappa shape index (κ3) is 4.87. The molecule has 2 amide bonds. The lowest BCUT2D eigenvalue weighted by molar-refractivity contribution is -0.133. The molecule has 172 valence electrons. The molecule has 1 saturated carbocycles. The quantitative estimate of drug-likeness (QED) is 0.686. The van der Waals surface area contributed by atoms with Crippen molar-refractivity contribution in [1.29, 1.82) is 0 Å². The van der Waals surface area contributed by atoms with Crippen molar-refractivity contribution >= 4 is 27.5 Å². The largest absolute Gasteiger partial charge is 0.495 e. The number of piperazine rings is 1. The normalized spacial score (nSPS) is 23.6. The number of ether oxygens (including phenoxy) is 1. The van der Waals surface area contributed by atoms with Gasteiger partial charge in [0, 0.05) is 12.6 Å². The summed E-state index contributed by atoms with van der Waals surface area (Å²) < 4.78 is 32.2. The molecule has 1 atom stereocenters. The molecule has 2 fully saturated rings. The van der Waals surface area contributed by atoms with Crippen LogP contribution in [0.1, 0.15) is 52.4 Å². The van der Waals surface area contributed by atoms with Crippen LogP contribution in [0.3, 0.4) is 0 Å². The number of anilines is 1. The molecule has 8 nitrogen and oxygen atoms in total. The van der Waals surface area contributed by atoms with Crippen LogP contribution >= 0.6 is 0 Å². The summed E-state index contributed by atoms with van der Waals surface area (Å²) in [6, 6.07) is 7.04. The van der Waals surface area contributed by atoms with Gasteiger partial charge in [-0.1, -0.05) is 38.3 Å². The summed E-state index contributed by atoms with van der Waals surface area (Å²) in [5, 5.41) is 3.10. The number of hydrogen-bond acceptors (Lipinski definition) is 5. The molecule has 0 spiro atoms. The maximum absolute atomic E-state index is 13.6. The van der Waals surface area contributed by atoms with Gasteiger partial charge in [-0.15, -0.1) is 0 Å². The number of amides is 2. The topological polar surface area (TPSA) is 96.0 Å². The third-order valence-electron chi connectivity index (χ3n) is 6.15. The molecule has 1 aromatic rings. The number of rotatable bonds is 7. The Hall–Kier alpha value is -2.13. The lowest BCUT2D eigenvalue weighted by atomic mass is 9.91. The van der Waals surface area contributed by atoms with Gasteiger partial charge in [0.2, 0.25) is 21.8 Å². The van der Waals surface area contributed by atoms with Crippen LogP contribution < -0.4 is 15.0 Å². The van der Waals surface area contributed by atoms with Gasteiger partial charge in [-0.3, -0.25) is 14.5 Å². The van der Waals surface area contributed by atoms with Crippen molar-refractivity contribution < 1.29 is 22.7 Å². The molecule has 9 heteroatoms. The molecule has 1 N–H and O–H groups in total. The third-order valence-corrected chi connectivity index (χ3v) is 8.12. The minimum absolute atomic E-state index is 0.0373. The predicted molar refractivity (Wildman–Crippen MR) is 120 cm³/mol. The van der Waals surface area contributed by atoms with Crippen LogP contribution in [0.5, 0.6) is 5.75 Å². The number of benzene rings is 1. The SMILES string of the molecule is CCCS(=O)(=O)N1CC(=O)N(c2ccccc2OC)C(C)(C(=O)NC2CCCCC2)C1. The second-order valence-corrected chi connectivity index (χ2v) is 10.7.